The number of hydrogen-bond acceptors (Lipinski definition) is 3. The number of alkyl halides is 1. The molecule has 1 aromatic rings. The Morgan fingerprint density at radius 3 is 2.63 bits per heavy atom. The summed E-state index contributed by atoms with van der Waals surface area (Å²) >= 11 is 3.75. The Kier molecular flexibility index (Phi) is 5.11. The molecular weight excluding hydrogens is 306 g/mol. The van der Waals surface area contributed by atoms with Gasteiger partial charge in [-0.05, 0) is 36.6 Å². The van der Waals surface area contributed by atoms with Crippen LogP contribution in [0.15, 0.2) is 18.2 Å². The Labute approximate surface area is 124 Å². The zero-order valence-electron chi connectivity index (χ0n) is 11.9. The van der Waals surface area contributed by atoms with E-state index in [1.807, 2.05) is 6.07 Å². The number of benzene rings is 1. The first-order valence-electron chi connectivity index (χ1n) is 6.71. The first-order valence-corrected chi connectivity index (χ1v) is 7.63. The molecule has 1 saturated heterocycles. The van der Waals surface area contributed by atoms with Crippen molar-refractivity contribution in [2.45, 2.75) is 24.7 Å². The lowest BCUT2D eigenvalue weighted by Crippen LogP contribution is -2.39. The van der Waals surface area contributed by atoms with Gasteiger partial charge in [-0.3, -0.25) is 4.90 Å². The summed E-state index contributed by atoms with van der Waals surface area (Å²) in [6.07, 6.45) is 1.22. The van der Waals surface area contributed by atoms with E-state index in [2.05, 4.69) is 39.9 Å². The summed E-state index contributed by atoms with van der Waals surface area (Å²) in [5, 5.41) is 0. The smallest absolute Gasteiger partial charge is 0.161 e. The molecule has 2 rings (SSSR count). The van der Waals surface area contributed by atoms with Gasteiger partial charge in [0, 0.05) is 17.9 Å². The van der Waals surface area contributed by atoms with Gasteiger partial charge in [0.25, 0.3) is 0 Å². The molecule has 1 aliphatic rings. The maximum Gasteiger partial charge on any atom is 0.161 e. The Balaban J connectivity index is 2.03. The third-order valence-corrected chi connectivity index (χ3v) is 5.10. The number of methoxy groups -OCH3 is 2. The summed E-state index contributed by atoms with van der Waals surface area (Å²) in [7, 11) is 3.35. The van der Waals surface area contributed by atoms with Crippen LogP contribution in [0, 0.1) is 5.92 Å². The lowest BCUT2D eigenvalue weighted by Gasteiger charge is -2.34. The van der Waals surface area contributed by atoms with Crippen LogP contribution in [0.2, 0.25) is 0 Å². The number of piperidine rings is 1. The molecule has 0 radical (unpaired) electrons. The molecule has 2 unspecified atom stereocenters. The van der Waals surface area contributed by atoms with Gasteiger partial charge >= 0.3 is 0 Å². The molecule has 0 spiro atoms. The quantitative estimate of drug-likeness (QED) is 0.792. The summed E-state index contributed by atoms with van der Waals surface area (Å²) < 4.78 is 10.6. The highest BCUT2D eigenvalue weighted by Gasteiger charge is 2.23. The molecule has 0 amide bonds. The number of ether oxygens (including phenoxy) is 2. The number of rotatable bonds is 4. The summed E-state index contributed by atoms with van der Waals surface area (Å²) in [5.41, 5.74) is 1.28. The second-order valence-corrected chi connectivity index (χ2v) is 6.38. The van der Waals surface area contributed by atoms with E-state index in [-0.39, 0.29) is 0 Å². The van der Waals surface area contributed by atoms with E-state index in [4.69, 9.17) is 9.47 Å². The fourth-order valence-corrected chi connectivity index (χ4v) is 2.96. The Morgan fingerprint density at radius 1 is 1.26 bits per heavy atom. The van der Waals surface area contributed by atoms with Gasteiger partial charge in [-0.25, -0.2) is 0 Å². The van der Waals surface area contributed by atoms with Crippen LogP contribution in [-0.2, 0) is 6.54 Å². The fourth-order valence-electron chi connectivity index (χ4n) is 2.58. The third kappa shape index (κ3) is 3.63. The van der Waals surface area contributed by atoms with Gasteiger partial charge in [-0.1, -0.05) is 28.9 Å². The standard InChI is InChI=1S/C15H22BrNO2/c1-11-9-17(7-6-13(11)16)10-12-4-5-14(18-2)15(8-12)19-3/h4-5,8,11,13H,6-7,9-10H2,1-3H3. The second-order valence-electron chi connectivity index (χ2n) is 5.21. The molecule has 0 aromatic heterocycles. The van der Waals surface area contributed by atoms with Gasteiger partial charge in [0.15, 0.2) is 11.5 Å². The minimum Gasteiger partial charge on any atom is -0.493 e. The number of likely N-dealkylation sites (tertiary alicyclic amines) is 1. The maximum absolute atomic E-state index is 5.35. The van der Waals surface area contributed by atoms with Crippen LogP contribution < -0.4 is 9.47 Å². The van der Waals surface area contributed by atoms with Crippen LogP contribution >= 0.6 is 15.9 Å². The predicted molar refractivity (Wildman–Crippen MR) is 81.3 cm³/mol. The van der Waals surface area contributed by atoms with Crippen molar-refractivity contribution in [3.63, 3.8) is 0 Å². The van der Waals surface area contributed by atoms with Crippen molar-refractivity contribution < 1.29 is 9.47 Å². The molecule has 1 fully saturated rings. The Hall–Kier alpha value is -0.740. The average Bonchev–Trinajstić information content (AvgIpc) is 2.43. The molecule has 0 aliphatic carbocycles. The third-order valence-electron chi connectivity index (χ3n) is 3.74. The van der Waals surface area contributed by atoms with E-state index in [9.17, 15) is 0 Å². The summed E-state index contributed by atoms with van der Waals surface area (Å²) in [6, 6.07) is 6.17. The molecule has 0 bridgehead atoms. The highest BCUT2D eigenvalue weighted by molar-refractivity contribution is 9.09. The van der Waals surface area contributed by atoms with Crippen LogP contribution in [0.5, 0.6) is 11.5 Å². The SMILES string of the molecule is COc1ccc(CN2CCC(Br)C(C)C2)cc1OC. The topological polar surface area (TPSA) is 21.7 Å². The maximum atomic E-state index is 5.35. The van der Waals surface area contributed by atoms with Gasteiger partial charge in [-0.15, -0.1) is 0 Å². The molecule has 1 aliphatic heterocycles. The van der Waals surface area contributed by atoms with Gasteiger partial charge in [0.1, 0.15) is 0 Å². The van der Waals surface area contributed by atoms with Crippen LogP contribution in [0.4, 0.5) is 0 Å². The average molecular weight is 328 g/mol. The van der Waals surface area contributed by atoms with Crippen molar-refractivity contribution in [2.24, 2.45) is 5.92 Å². The van der Waals surface area contributed by atoms with Crippen LogP contribution in [-0.4, -0.2) is 37.0 Å². The Bertz CT molecular complexity index is 425. The molecule has 19 heavy (non-hydrogen) atoms. The lowest BCUT2D eigenvalue weighted by molar-refractivity contribution is 0.183. The van der Waals surface area contributed by atoms with E-state index in [0.717, 1.165) is 31.1 Å². The van der Waals surface area contributed by atoms with Gasteiger partial charge < -0.3 is 9.47 Å². The van der Waals surface area contributed by atoms with E-state index >= 15 is 0 Å². The highest BCUT2D eigenvalue weighted by Crippen LogP contribution is 2.29. The molecule has 2 atom stereocenters. The molecule has 106 valence electrons. The van der Waals surface area contributed by atoms with Crippen molar-refractivity contribution in [1.29, 1.82) is 0 Å². The first kappa shape index (κ1) is 14.7. The lowest BCUT2D eigenvalue weighted by atomic mass is 9.99. The summed E-state index contributed by atoms with van der Waals surface area (Å²) in [5.74, 6) is 2.30. The summed E-state index contributed by atoms with van der Waals surface area (Å²) in [4.78, 5) is 3.16. The molecule has 1 heterocycles. The largest absolute Gasteiger partial charge is 0.493 e. The van der Waals surface area contributed by atoms with Crippen molar-refractivity contribution in [3.05, 3.63) is 23.8 Å². The minimum atomic E-state index is 0.661. The van der Waals surface area contributed by atoms with Gasteiger partial charge in [0.2, 0.25) is 0 Å². The second kappa shape index (κ2) is 6.62. The van der Waals surface area contributed by atoms with E-state index < -0.39 is 0 Å². The van der Waals surface area contributed by atoms with Gasteiger partial charge in [-0.2, -0.15) is 0 Å². The minimum absolute atomic E-state index is 0.661. The molecule has 4 heteroatoms. The number of halogens is 1. The molecular formula is C15H22BrNO2. The van der Waals surface area contributed by atoms with E-state index in [1.165, 1.54) is 12.0 Å². The van der Waals surface area contributed by atoms with Crippen LogP contribution in [0.25, 0.3) is 0 Å². The van der Waals surface area contributed by atoms with Gasteiger partial charge in [0.05, 0.1) is 14.2 Å². The van der Waals surface area contributed by atoms with Crippen LogP contribution in [0.1, 0.15) is 18.9 Å². The zero-order chi connectivity index (χ0) is 13.8. The highest BCUT2D eigenvalue weighted by atomic mass is 79.9. The molecule has 0 N–H and O–H groups in total. The normalized spacial score (nSPS) is 24.2. The molecule has 3 nitrogen and oxygen atoms in total. The van der Waals surface area contributed by atoms with Crippen molar-refractivity contribution >= 4 is 15.9 Å². The predicted octanol–water partition coefficient (Wildman–Crippen LogP) is 3.31. The Morgan fingerprint density at radius 2 is 2.00 bits per heavy atom. The zero-order valence-corrected chi connectivity index (χ0v) is 13.4. The van der Waals surface area contributed by atoms with Crippen LogP contribution in [0.3, 0.4) is 0 Å². The van der Waals surface area contributed by atoms with Crippen molar-refractivity contribution in [2.75, 3.05) is 27.3 Å². The number of hydrogen-bond donors (Lipinski definition) is 0. The summed E-state index contributed by atoms with van der Waals surface area (Å²) in [6.45, 7) is 5.57. The fraction of sp³-hybridized carbons (Fsp3) is 0.600. The monoisotopic (exact) mass is 327 g/mol. The van der Waals surface area contributed by atoms with E-state index in [1.54, 1.807) is 14.2 Å². The molecule has 1 aromatic carbocycles. The van der Waals surface area contributed by atoms with Crippen molar-refractivity contribution in [3.8, 4) is 11.5 Å². The van der Waals surface area contributed by atoms with E-state index in [0.29, 0.717) is 10.7 Å². The molecule has 0 saturated carbocycles. The first-order chi connectivity index (χ1) is 9.13. The number of nitrogens with zero attached hydrogens (tertiary/aromatic N) is 1. The van der Waals surface area contributed by atoms with Crippen molar-refractivity contribution in [1.82, 2.24) is 4.90 Å².